The molecule has 1 rings (SSSR count). The highest BCUT2D eigenvalue weighted by atomic mass is 32.1. The van der Waals surface area contributed by atoms with E-state index in [9.17, 15) is 9.59 Å². The summed E-state index contributed by atoms with van der Waals surface area (Å²) < 4.78 is 0. The van der Waals surface area contributed by atoms with Crippen LogP contribution in [0.2, 0.25) is 0 Å². The first-order valence-corrected chi connectivity index (χ1v) is 7.34. The molecule has 2 atom stereocenters. The highest BCUT2D eigenvalue weighted by Gasteiger charge is 2.19. The fraction of sp³-hybridized carbons (Fsp3) is 0.538. The summed E-state index contributed by atoms with van der Waals surface area (Å²) in [7, 11) is 0. The average molecular weight is 283 g/mol. The molecule has 0 spiro atoms. The maximum atomic E-state index is 11.8. The Morgan fingerprint density at radius 1 is 1.37 bits per heavy atom. The van der Waals surface area contributed by atoms with Crippen molar-refractivity contribution in [3.63, 3.8) is 0 Å². The molecular formula is C13H21N3O2S. The first kappa shape index (κ1) is 15.7. The Morgan fingerprint density at radius 2 is 2.11 bits per heavy atom. The van der Waals surface area contributed by atoms with Gasteiger partial charge >= 0.3 is 6.03 Å². The monoisotopic (exact) mass is 283 g/mol. The van der Waals surface area contributed by atoms with Crippen LogP contribution in [0.25, 0.3) is 0 Å². The molecule has 0 aliphatic rings. The van der Waals surface area contributed by atoms with Crippen molar-refractivity contribution in [2.75, 3.05) is 6.54 Å². The van der Waals surface area contributed by atoms with Crippen LogP contribution in [0, 0.1) is 0 Å². The third-order valence-electron chi connectivity index (χ3n) is 2.71. The Morgan fingerprint density at radius 3 is 2.63 bits per heavy atom. The molecule has 3 N–H and O–H groups in total. The smallest absolute Gasteiger partial charge is 0.321 e. The van der Waals surface area contributed by atoms with Gasteiger partial charge in [0.1, 0.15) is 0 Å². The molecule has 1 aromatic heterocycles. The van der Waals surface area contributed by atoms with Gasteiger partial charge in [-0.05, 0) is 31.7 Å². The normalized spacial score (nSPS) is 13.6. The lowest BCUT2D eigenvalue weighted by atomic mass is 10.1. The van der Waals surface area contributed by atoms with Crippen LogP contribution in [0.3, 0.4) is 0 Å². The van der Waals surface area contributed by atoms with E-state index in [0.29, 0.717) is 6.54 Å². The standard InChI is InChI=1S/C13H21N3O2S/c1-4-10(11-7-6-8-19-11)15-9(3)12(17)16-13(18)14-5-2/h6-10,15H,4-5H2,1-3H3,(H2,14,16,17,18). The number of hydrogen-bond acceptors (Lipinski definition) is 4. The van der Waals surface area contributed by atoms with Gasteiger partial charge in [-0.25, -0.2) is 4.79 Å². The predicted molar refractivity (Wildman–Crippen MR) is 77.2 cm³/mol. The molecule has 19 heavy (non-hydrogen) atoms. The number of carbonyl (C=O) groups is 2. The van der Waals surface area contributed by atoms with E-state index in [1.807, 2.05) is 17.5 Å². The van der Waals surface area contributed by atoms with E-state index in [1.165, 1.54) is 4.88 Å². The summed E-state index contributed by atoms with van der Waals surface area (Å²) in [5.74, 6) is -0.319. The van der Waals surface area contributed by atoms with Gasteiger partial charge in [-0.15, -0.1) is 11.3 Å². The molecule has 3 amide bonds. The first-order valence-electron chi connectivity index (χ1n) is 6.46. The van der Waals surface area contributed by atoms with Crippen molar-refractivity contribution in [2.45, 2.75) is 39.3 Å². The van der Waals surface area contributed by atoms with E-state index in [4.69, 9.17) is 0 Å². The highest BCUT2D eigenvalue weighted by molar-refractivity contribution is 7.10. The lowest BCUT2D eigenvalue weighted by Gasteiger charge is -2.20. The number of nitrogens with one attached hydrogen (secondary N) is 3. The molecule has 6 heteroatoms. The minimum Gasteiger partial charge on any atom is -0.338 e. The van der Waals surface area contributed by atoms with Gasteiger partial charge in [0.15, 0.2) is 0 Å². The van der Waals surface area contributed by atoms with Gasteiger partial charge in [-0.1, -0.05) is 13.0 Å². The number of hydrogen-bond donors (Lipinski definition) is 3. The van der Waals surface area contributed by atoms with Gasteiger partial charge < -0.3 is 5.32 Å². The fourth-order valence-corrected chi connectivity index (χ4v) is 2.56. The fourth-order valence-electron chi connectivity index (χ4n) is 1.69. The lowest BCUT2D eigenvalue weighted by molar-refractivity contribution is -0.121. The number of thiophene rings is 1. The number of rotatable bonds is 6. The molecule has 0 saturated carbocycles. The van der Waals surface area contributed by atoms with Gasteiger partial charge in [0.05, 0.1) is 6.04 Å². The van der Waals surface area contributed by atoms with Crippen molar-refractivity contribution >= 4 is 23.3 Å². The summed E-state index contributed by atoms with van der Waals surface area (Å²) in [6.07, 6.45) is 0.888. The van der Waals surface area contributed by atoms with E-state index in [0.717, 1.165) is 6.42 Å². The predicted octanol–water partition coefficient (Wildman–Crippen LogP) is 2.02. The number of imide groups is 1. The summed E-state index contributed by atoms with van der Waals surface area (Å²) >= 11 is 1.66. The largest absolute Gasteiger partial charge is 0.338 e. The second-order valence-electron chi connectivity index (χ2n) is 4.21. The highest BCUT2D eigenvalue weighted by Crippen LogP contribution is 2.22. The van der Waals surface area contributed by atoms with Crippen molar-refractivity contribution < 1.29 is 9.59 Å². The summed E-state index contributed by atoms with van der Waals surface area (Å²) in [6.45, 7) is 6.11. The van der Waals surface area contributed by atoms with Gasteiger partial charge in [0.2, 0.25) is 5.91 Å². The van der Waals surface area contributed by atoms with E-state index >= 15 is 0 Å². The molecular weight excluding hydrogens is 262 g/mol. The van der Waals surface area contributed by atoms with Crippen molar-refractivity contribution in [2.24, 2.45) is 0 Å². The minimum atomic E-state index is -0.453. The van der Waals surface area contributed by atoms with Crippen molar-refractivity contribution in [1.29, 1.82) is 0 Å². The maximum absolute atomic E-state index is 11.8. The molecule has 0 fully saturated rings. The van der Waals surface area contributed by atoms with Crippen LogP contribution in [-0.2, 0) is 4.79 Å². The molecule has 0 aromatic carbocycles. The van der Waals surface area contributed by atoms with Gasteiger partial charge in [0.25, 0.3) is 0 Å². The summed E-state index contributed by atoms with van der Waals surface area (Å²) in [4.78, 5) is 24.3. The Balaban J connectivity index is 2.50. The Bertz CT molecular complexity index is 406. The third kappa shape index (κ3) is 5.00. The quantitative estimate of drug-likeness (QED) is 0.748. The molecule has 0 radical (unpaired) electrons. The molecule has 5 nitrogen and oxygen atoms in total. The molecule has 1 aromatic rings. The third-order valence-corrected chi connectivity index (χ3v) is 3.70. The number of carbonyl (C=O) groups excluding carboxylic acids is 2. The number of urea groups is 1. The Kier molecular flexibility index (Phi) is 6.52. The number of amides is 3. The molecule has 2 unspecified atom stereocenters. The van der Waals surface area contributed by atoms with Crippen molar-refractivity contribution in [3.8, 4) is 0 Å². The molecule has 106 valence electrons. The van der Waals surface area contributed by atoms with E-state index in [-0.39, 0.29) is 11.9 Å². The Hall–Kier alpha value is -1.40. The van der Waals surface area contributed by atoms with Crippen LogP contribution in [0.1, 0.15) is 38.1 Å². The van der Waals surface area contributed by atoms with Gasteiger partial charge in [0, 0.05) is 17.5 Å². The van der Waals surface area contributed by atoms with Crippen LogP contribution in [0.15, 0.2) is 17.5 Å². The summed E-state index contributed by atoms with van der Waals surface area (Å²) in [5, 5.41) is 10.1. The zero-order valence-corrected chi connectivity index (χ0v) is 12.3. The van der Waals surface area contributed by atoms with Crippen LogP contribution in [0.5, 0.6) is 0 Å². The summed E-state index contributed by atoms with van der Waals surface area (Å²) in [6, 6.07) is 3.29. The van der Waals surface area contributed by atoms with Crippen LogP contribution in [0.4, 0.5) is 4.79 Å². The second-order valence-corrected chi connectivity index (χ2v) is 5.19. The molecule has 0 bridgehead atoms. The summed E-state index contributed by atoms with van der Waals surface area (Å²) in [5.41, 5.74) is 0. The SMILES string of the molecule is CCNC(=O)NC(=O)C(C)NC(CC)c1cccs1. The van der Waals surface area contributed by atoms with Crippen LogP contribution >= 0.6 is 11.3 Å². The van der Waals surface area contributed by atoms with E-state index in [1.54, 1.807) is 25.2 Å². The Labute approximate surface area is 117 Å². The average Bonchev–Trinajstić information content (AvgIpc) is 2.89. The van der Waals surface area contributed by atoms with Crippen LogP contribution in [-0.4, -0.2) is 24.5 Å². The van der Waals surface area contributed by atoms with Crippen LogP contribution < -0.4 is 16.0 Å². The maximum Gasteiger partial charge on any atom is 0.321 e. The lowest BCUT2D eigenvalue weighted by Crippen LogP contribution is -2.48. The topological polar surface area (TPSA) is 70.2 Å². The molecule has 0 aliphatic carbocycles. The van der Waals surface area contributed by atoms with Crippen molar-refractivity contribution in [1.82, 2.24) is 16.0 Å². The zero-order valence-electron chi connectivity index (χ0n) is 11.5. The first-order chi connectivity index (χ1) is 9.08. The molecule has 0 aliphatic heterocycles. The van der Waals surface area contributed by atoms with Crippen molar-refractivity contribution in [3.05, 3.63) is 22.4 Å². The second kappa shape index (κ2) is 7.91. The van der Waals surface area contributed by atoms with E-state index < -0.39 is 12.1 Å². The van der Waals surface area contributed by atoms with Gasteiger partial charge in [-0.2, -0.15) is 0 Å². The molecule has 1 heterocycles. The van der Waals surface area contributed by atoms with Gasteiger partial charge in [-0.3, -0.25) is 15.4 Å². The van der Waals surface area contributed by atoms with E-state index in [2.05, 4.69) is 22.9 Å². The zero-order chi connectivity index (χ0) is 14.3. The minimum absolute atomic E-state index is 0.134. The molecule has 0 saturated heterocycles.